The van der Waals surface area contributed by atoms with Gasteiger partial charge in [0.1, 0.15) is 12.4 Å². The SMILES string of the molecule is CCC(CC)c1cc(CNC(=NC)NCc2ccc(C)cc2OCC2CCCO2)on1. The molecule has 0 amide bonds. The fourth-order valence-electron chi connectivity index (χ4n) is 3.78. The molecule has 170 valence electrons. The van der Waals surface area contributed by atoms with Gasteiger partial charge < -0.3 is 24.6 Å². The summed E-state index contributed by atoms with van der Waals surface area (Å²) >= 11 is 0. The summed E-state index contributed by atoms with van der Waals surface area (Å²) in [5.74, 6) is 2.85. The number of aryl methyl sites for hydroxylation is 1. The highest BCUT2D eigenvalue weighted by Gasteiger charge is 2.17. The van der Waals surface area contributed by atoms with Gasteiger partial charge in [-0.2, -0.15) is 0 Å². The van der Waals surface area contributed by atoms with E-state index >= 15 is 0 Å². The van der Waals surface area contributed by atoms with Crippen LogP contribution in [0.4, 0.5) is 0 Å². The van der Waals surface area contributed by atoms with Crippen LogP contribution in [0.3, 0.4) is 0 Å². The van der Waals surface area contributed by atoms with Crippen LogP contribution in [0.25, 0.3) is 0 Å². The zero-order valence-electron chi connectivity index (χ0n) is 19.2. The molecule has 1 unspecified atom stereocenters. The lowest BCUT2D eigenvalue weighted by molar-refractivity contribution is 0.0676. The number of ether oxygens (including phenoxy) is 2. The van der Waals surface area contributed by atoms with E-state index in [1.54, 1.807) is 7.05 Å². The molecule has 0 spiro atoms. The summed E-state index contributed by atoms with van der Waals surface area (Å²) in [6.45, 7) is 8.99. The van der Waals surface area contributed by atoms with Crippen LogP contribution >= 0.6 is 0 Å². The second-order valence-electron chi connectivity index (χ2n) is 8.07. The molecule has 2 N–H and O–H groups in total. The predicted molar refractivity (Wildman–Crippen MR) is 123 cm³/mol. The molecule has 1 aliphatic rings. The molecule has 1 atom stereocenters. The number of nitrogens with zero attached hydrogens (tertiary/aromatic N) is 2. The molecule has 1 saturated heterocycles. The van der Waals surface area contributed by atoms with E-state index in [9.17, 15) is 0 Å². The van der Waals surface area contributed by atoms with Crippen molar-refractivity contribution in [2.24, 2.45) is 4.99 Å². The number of aliphatic imine (C=N–C) groups is 1. The Morgan fingerprint density at radius 3 is 2.74 bits per heavy atom. The van der Waals surface area contributed by atoms with E-state index < -0.39 is 0 Å². The number of hydrogen-bond acceptors (Lipinski definition) is 5. The highest BCUT2D eigenvalue weighted by molar-refractivity contribution is 5.79. The summed E-state index contributed by atoms with van der Waals surface area (Å²) in [6, 6.07) is 8.31. The Bertz CT molecular complexity index is 839. The van der Waals surface area contributed by atoms with Crippen molar-refractivity contribution < 1.29 is 14.0 Å². The molecule has 0 saturated carbocycles. The summed E-state index contributed by atoms with van der Waals surface area (Å²) in [6.07, 6.45) is 4.50. The lowest BCUT2D eigenvalue weighted by Crippen LogP contribution is -2.36. The number of hydrogen-bond donors (Lipinski definition) is 2. The third-order valence-corrected chi connectivity index (χ3v) is 5.75. The average Bonchev–Trinajstić information content (AvgIpc) is 3.47. The van der Waals surface area contributed by atoms with Crippen LogP contribution in [-0.4, -0.2) is 37.5 Å². The van der Waals surface area contributed by atoms with Gasteiger partial charge in [-0.25, -0.2) is 0 Å². The summed E-state index contributed by atoms with van der Waals surface area (Å²) in [4.78, 5) is 4.32. The zero-order chi connectivity index (χ0) is 22.1. The van der Waals surface area contributed by atoms with Gasteiger partial charge in [0.15, 0.2) is 11.7 Å². The van der Waals surface area contributed by atoms with Crippen LogP contribution in [0, 0.1) is 6.92 Å². The van der Waals surface area contributed by atoms with E-state index in [4.69, 9.17) is 14.0 Å². The second kappa shape index (κ2) is 11.7. The molecule has 0 radical (unpaired) electrons. The molecule has 7 heteroatoms. The van der Waals surface area contributed by atoms with Gasteiger partial charge in [0.25, 0.3) is 0 Å². The van der Waals surface area contributed by atoms with Crippen LogP contribution < -0.4 is 15.4 Å². The Morgan fingerprint density at radius 2 is 2.03 bits per heavy atom. The maximum absolute atomic E-state index is 6.09. The molecule has 2 heterocycles. The minimum Gasteiger partial charge on any atom is -0.491 e. The normalized spacial score (nSPS) is 16.7. The smallest absolute Gasteiger partial charge is 0.191 e. The van der Waals surface area contributed by atoms with Gasteiger partial charge in [0.2, 0.25) is 0 Å². The van der Waals surface area contributed by atoms with Crippen molar-refractivity contribution in [1.29, 1.82) is 0 Å². The Balaban J connectivity index is 1.53. The fraction of sp³-hybridized carbons (Fsp3) is 0.583. The van der Waals surface area contributed by atoms with E-state index in [1.165, 1.54) is 5.56 Å². The minimum absolute atomic E-state index is 0.197. The first-order valence-electron chi connectivity index (χ1n) is 11.4. The highest BCUT2D eigenvalue weighted by Crippen LogP contribution is 2.23. The summed E-state index contributed by atoms with van der Waals surface area (Å²) in [5, 5.41) is 10.9. The van der Waals surface area contributed by atoms with E-state index in [1.807, 2.05) is 6.07 Å². The zero-order valence-corrected chi connectivity index (χ0v) is 19.2. The van der Waals surface area contributed by atoms with Crippen molar-refractivity contribution in [1.82, 2.24) is 15.8 Å². The lowest BCUT2D eigenvalue weighted by atomic mass is 9.99. The Hall–Kier alpha value is -2.54. The largest absolute Gasteiger partial charge is 0.491 e. The molecular formula is C24H36N4O3. The Labute approximate surface area is 185 Å². The molecule has 0 bridgehead atoms. The monoisotopic (exact) mass is 428 g/mol. The molecule has 1 aromatic heterocycles. The fourth-order valence-corrected chi connectivity index (χ4v) is 3.78. The van der Waals surface area contributed by atoms with Crippen LogP contribution in [0.1, 0.15) is 68.0 Å². The number of nitrogens with one attached hydrogen (secondary N) is 2. The van der Waals surface area contributed by atoms with Crippen molar-refractivity contribution >= 4 is 5.96 Å². The van der Waals surface area contributed by atoms with Crippen molar-refractivity contribution in [3.63, 3.8) is 0 Å². The highest BCUT2D eigenvalue weighted by atomic mass is 16.5. The molecular weight excluding hydrogens is 392 g/mol. The van der Waals surface area contributed by atoms with Crippen molar-refractivity contribution in [3.8, 4) is 5.75 Å². The molecule has 31 heavy (non-hydrogen) atoms. The van der Waals surface area contributed by atoms with Crippen LogP contribution in [0.2, 0.25) is 0 Å². The predicted octanol–water partition coefficient (Wildman–Crippen LogP) is 4.31. The third kappa shape index (κ3) is 6.72. The van der Waals surface area contributed by atoms with Crippen molar-refractivity contribution in [2.45, 2.75) is 71.6 Å². The van der Waals surface area contributed by atoms with E-state index in [0.29, 0.717) is 31.6 Å². The Kier molecular flexibility index (Phi) is 8.76. The van der Waals surface area contributed by atoms with Crippen LogP contribution in [0.5, 0.6) is 5.75 Å². The first-order chi connectivity index (χ1) is 15.1. The van der Waals surface area contributed by atoms with Gasteiger partial charge in [-0.1, -0.05) is 31.1 Å². The quantitative estimate of drug-likeness (QED) is 0.434. The van der Waals surface area contributed by atoms with Crippen molar-refractivity contribution in [3.05, 3.63) is 46.8 Å². The molecule has 2 aromatic rings. The first-order valence-corrected chi connectivity index (χ1v) is 11.4. The van der Waals surface area contributed by atoms with Gasteiger partial charge in [-0.3, -0.25) is 4.99 Å². The average molecular weight is 429 g/mol. The van der Waals surface area contributed by atoms with Crippen molar-refractivity contribution in [2.75, 3.05) is 20.3 Å². The summed E-state index contributed by atoms with van der Waals surface area (Å²) in [7, 11) is 1.76. The lowest BCUT2D eigenvalue weighted by Gasteiger charge is -2.17. The minimum atomic E-state index is 0.197. The van der Waals surface area contributed by atoms with Crippen LogP contribution in [-0.2, 0) is 17.8 Å². The van der Waals surface area contributed by atoms with E-state index in [-0.39, 0.29) is 6.10 Å². The van der Waals surface area contributed by atoms with Gasteiger partial charge in [-0.15, -0.1) is 0 Å². The summed E-state index contributed by atoms with van der Waals surface area (Å²) in [5.41, 5.74) is 3.28. The van der Waals surface area contributed by atoms with Gasteiger partial charge >= 0.3 is 0 Å². The first kappa shape index (κ1) is 23.1. The molecule has 0 aliphatic carbocycles. The van der Waals surface area contributed by atoms with E-state index in [0.717, 1.165) is 55.1 Å². The van der Waals surface area contributed by atoms with Gasteiger partial charge in [0.05, 0.1) is 18.3 Å². The number of benzene rings is 1. The van der Waals surface area contributed by atoms with Gasteiger partial charge in [0, 0.05) is 37.7 Å². The molecule has 1 aliphatic heterocycles. The second-order valence-corrected chi connectivity index (χ2v) is 8.07. The van der Waals surface area contributed by atoms with E-state index in [2.05, 4.69) is 59.8 Å². The molecule has 1 aromatic carbocycles. The summed E-state index contributed by atoms with van der Waals surface area (Å²) < 4.78 is 17.3. The number of aromatic nitrogens is 1. The molecule has 7 nitrogen and oxygen atoms in total. The number of rotatable bonds is 10. The number of guanidine groups is 1. The Morgan fingerprint density at radius 1 is 1.23 bits per heavy atom. The molecule has 1 fully saturated rings. The third-order valence-electron chi connectivity index (χ3n) is 5.75. The van der Waals surface area contributed by atoms with Crippen LogP contribution in [0.15, 0.2) is 33.8 Å². The standard InChI is InChI=1S/C24H36N4O3/c1-5-18(6-2)22-13-21(31-28-22)15-27-24(25-4)26-14-19-10-9-17(3)12-23(19)30-16-20-8-7-11-29-20/h9-10,12-13,18,20H,5-8,11,14-16H2,1-4H3,(H2,25,26,27). The maximum atomic E-state index is 6.09. The molecule has 3 rings (SSSR count). The topological polar surface area (TPSA) is 80.9 Å². The maximum Gasteiger partial charge on any atom is 0.191 e. The van der Waals surface area contributed by atoms with Gasteiger partial charge in [-0.05, 0) is 44.2 Å².